The normalized spacial score (nSPS) is 28.3. The molecule has 1 saturated carbocycles. The molecule has 0 radical (unpaired) electrons. The predicted molar refractivity (Wildman–Crippen MR) is 105 cm³/mol. The highest BCUT2D eigenvalue weighted by Crippen LogP contribution is 2.52. The van der Waals surface area contributed by atoms with Gasteiger partial charge in [-0.3, -0.25) is 14.6 Å². The zero-order valence-electron chi connectivity index (χ0n) is 16.0. The molecule has 1 aromatic rings. The zero-order chi connectivity index (χ0) is 18.9. The van der Waals surface area contributed by atoms with Gasteiger partial charge in [0.05, 0.1) is 24.6 Å². The lowest BCUT2D eigenvalue weighted by Crippen LogP contribution is -2.71. The molecule has 0 spiro atoms. The van der Waals surface area contributed by atoms with Crippen LogP contribution in [0.5, 0.6) is 0 Å². The molecule has 1 amide bonds. The lowest BCUT2D eigenvalue weighted by atomic mass is 9.81. The van der Waals surface area contributed by atoms with Crippen LogP contribution in [-0.4, -0.2) is 54.0 Å². The number of hydrogen-bond donors (Lipinski definition) is 1. The Bertz CT molecular complexity index is 699. The van der Waals surface area contributed by atoms with Crippen LogP contribution in [0.2, 0.25) is 0 Å². The second-order valence-corrected chi connectivity index (χ2v) is 8.85. The molecule has 5 nitrogen and oxygen atoms in total. The first-order valence-electron chi connectivity index (χ1n) is 10.3. The number of rotatable bonds is 7. The van der Waals surface area contributed by atoms with Gasteiger partial charge in [0.25, 0.3) is 0 Å². The van der Waals surface area contributed by atoms with Crippen molar-refractivity contribution in [3.8, 4) is 6.07 Å². The second-order valence-electron chi connectivity index (χ2n) is 8.85. The Labute approximate surface area is 162 Å². The molecule has 27 heavy (non-hydrogen) atoms. The Hall–Kier alpha value is -1.90. The van der Waals surface area contributed by atoms with Gasteiger partial charge in [-0.2, -0.15) is 5.26 Å². The van der Waals surface area contributed by atoms with E-state index in [0.717, 1.165) is 43.9 Å². The van der Waals surface area contributed by atoms with Crippen LogP contribution in [0.15, 0.2) is 30.3 Å². The predicted octanol–water partition coefficient (Wildman–Crippen LogP) is 2.35. The molecule has 3 fully saturated rings. The van der Waals surface area contributed by atoms with Gasteiger partial charge in [0.2, 0.25) is 5.91 Å². The molecule has 2 N–H and O–H groups in total. The molecule has 0 aromatic heterocycles. The molecule has 4 rings (SSSR count). The van der Waals surface area contributed by atoms with Crippen molar-refractivity contribution in [2.45, 2.75) is 43.6 Å². The molecule has 2 atom stereocenters. The van der Waals surface area contributed by atoms with Crippen molar-refractivity contribution < 1.29 is 4.79 Å². The fourth-order valence-corrected chi connectivity index (χ4v) is 5.38. The van der Waals surface area contributed by atoms with Crippen molar-refractivity contribution in [2.24, 2.45) is 17.6 Å². The van der Waals surface area contributed by atoms with Gasteiger partial charge in [-0.25, -0.2) is 0 Å². The summed E-state index contributed by atoms with van der Waals surface area (Å²) in [6, 6.07) is 13.3. The average molecular weight is 367 g/mol. The van der Waals surface area contributed by atoms with Crippen LogP contribution in [0.25, 0.3) is 0 Å². The maximum atomic E-state index is 11.1. The molecule has 2 heterocycles. The maximum absolute atomic E-state index is 11.1. The third kappa shape index (κ3) is 4.02. The molecule has 144 valence electrons. The number of piperidine rings is 1. The van der Waals surface area contributed by atoms with Crippen LogP contribution in [-0.2, 0) is 4.79 Å². The van der Waals surface area contributed by atoms with Gasteiger partial charge >= 0.3 is 0 Å². The lowest BCUT2D eigenvalue weighted by molar-refractivity contribution is -0.124. The summed E-state index contributed by atoms with van der Waals surface area (Å²) in [5, 5.41) is 9.30. The topological polar surface area (TPSA) is 73.4 Å². The summed E-state index contributed by atoms with van der Waals surface area (Å²) in [6.45, 7) is 4.07. The highest BCUT2D eigenvalue weighted by molar-refractivity contribution is 5.76. The fourth-order valence-electron chi connectivity index (χ4n) is 5.38. The molecular formula is C22H30N4O. The quantitative estimate of drug-likeness (QED) is 0.804. The molecule has 2 aliphatic heterocycles. The standard InChI is InChI=1S/C22H30N4O/c23-9-8-22(15-25(16-22)14-21(24)27)26-10-6-17(7-11-26)12-19-13-20(19)18-4-2-1-3-5-18/h1-5,17,19-20H,6-8,10-16H2,(H2,24,27)/t19-,20?/m1/s1. The number of nitriles is 1. The Balaban J connectivity index is 1.25. The largest absolute Gasteiger partial charge is 0.369 e. The average Bonchev–Trinajstić information content (AvgIpc) is 3.40. The Morgan fingerprint density at radius 1 is 1.22 bits per heavy atom. The van der Waals surface area contributed by atoms with Gasteiger partial charge in [0.1, 0.15) is 0 Å². The van der Waals surface area contributed by atoms with Crippen molar-refractivity contribution in [1.82, 2.24) is 9.80 Å². The van der Waals surface area contributed by atoms with Crippen LogP contribution in [0.4, 0.5) is 0 Å². The minimum absolute atomic E-state index is 0.0542. The van der Waals surface area contributed by atoms with E-state index in [1.807, 2.05) is 0 Å². The van der Waals surface area contributed by atoms with Crippen molar-refractivity contribution >= 4 is 5.91 Å². The number of nitrogens with zero attached hydrogens (tertiary/aromatic N) is 3. The third-order valence-corrected chi connectivity index (χ3v) is 6.90. The maximum Gasteiger partial charge on any atom is 0.231 e. The number of hydrogen-bond acceptors (Lipinski definition) is 4. The summed E-state index contributed by atoms with van der Waals surface area (Å²) in [6.07, 6.45) is 5.73. The number of primary amides is 1. The van der Waals surface area contributed by atoms with E-state index in [9.17, 15) is 10.1 Å². The smallest absolute Gasteiger partial charge is 0.231 e. The van der Waals surface area contributed by atoms with Crippen LogP contribution < -0.4 is 5.73 Å². The van der Waals surface area contributed by atoms with E-state index in [4.69, 9.17) is 5.73 Å². The molecule has 3 aliphatic rings. The number of likely N-dealkylation sites (tertiary alicyclic amines) is 2. The number of nitrogens with two attached hydrogens (primary N) is 1. The number of benzene rings is 1. The SMILES string of the molecule is N#CCC1(N2CCC(C[C@@H]3CC3c3ccccc3)CC2)CN(CC(N)=O)C1. The van der Waals surface area contributed by atoms with Gasteiger partial charge in [0.15, 0.2) is 0 Å². The summed E-state index contributed by atoms with van der Waals surface area (Å²) in [4.78, 5) is 15.7. The third-order valence-electron chi connectivity index (χ3n) is 6.90. The summed E-state index contributed by atoms with van der Waals surface area (Å²) < 4.78 is 0. The van der Waals surface area contributed by atoms with Gasteiger partial charge < -0.3 is 5.73 Å². The van der Waals surface area contributed by atoms with Crippen LogP contribution >= 0.6 is 0 Å². The van der Waals surface area contributed by atoms with E-state index in [0.29, 0.717) is 13.0 Å². The summed E-state index contributed by atoms with van der Waals surface area (Å²) in [5.74, 6) is 2.19. The summed E-state index contributed by atoms with van der Waals surface area (Å²) >= 11 is 0. The fraction of sp³-hybridized carbons (Fsp3) is 0.636. The molecule has 1 aliphatic carbocycles. The van der Waals surface area contributed by atoms with Crippen molar-refractivity contribution in [1.29, 1.82) is 5.26 Å². The van der Waals surface area contributed by atoms with E-state index in [2.05, 4.69) is 46.2 Å². The van der Waals surface area contributed by atoms with Gasteiger partial charge in [0, 0.05) is 13.1 Å². The first kappa shape index (κ1) is 18.5. The van der Waals surface area contributed by atoms with Crippen LogP contribution in [0.1, 0.15) is 43.6 Å². The first-order chi connectivity index (χ1) is 13.1. The van der Waals surface area contributed by atoms with Gasteiger partial charge in [-0.15, -0.1) is 0 Å². The van der Waals surface area contributed by atoms with Gasteiger partial charge in [-0.1, -0.05) is 30.3 Å². The van der Waals surface area contributed by atoms with Crippen molar-refractivity contribution in [2.75, 3.05) is 32.7 Å². The number of carbonyl (C=O) groups is 1. The monoisotopic (exact) mass is 366 g/mol. The zero-order valence-corrected chi connectivity index (χ0v) is 16.0. The highest BCUT2D eigenvalue weighted by Gasteiger charge is 2.48. The number of carbonyl (C=O) groups excluding carboxylic acids is 1. The van der Waals surface area contributed by atoms with E-state index >= 15 is 0 Å². The molecule has 2 saturated heterocycles. The van der Waals surface area contributed by atoms with Crippen molar-refractivity contribution in [3.05, 3.63) is 35.9 Å². The van der Waals surface area contributed by atoms with E-state index in [-0.39, 0.29) is 11.4 Å². The van der Waals surface area contributed by atoms with E-state index in [1.165, 1.54) is 31.2 Å². The van der Waals surface area contributed by atoms with Crippen LogP contribution in [0.3, 0.4) is 0 Å². The summed E-state index contributed by atoms with van der Waals surface area (Å²) in [5.41, 5.74) is 6.77. The van der Waals surface area contributed by atoms with Crippen LogP contribution in [0, 0.1) is 23.2 Å². The second kappa shape index (κ2) is 7.61. The first-order valence-corrected chi connectivity index (χ1v) is 10.3. The molecule has 1 aromatic carbocycles. The molecule has 0 bridgehead atoms. The highest BCUT2D eigenvalue weighted by atomic mass is 16.1. The minimum Gasteiger partial charge on any atom is -0.369 e. The number of amides is 1. The Kier molecular flexibility index (Phi) is 5.21. The lowest BCUT2D eigenvalue weighted by Gasteiger charge is -2.56. The molecular weight excluding hydrogens is 336 g/mol. The molecule has 5 heteroatoms. The minimum atomic E-state index is -0.281. The Morgan fingerprint density at radius 3 is 2.56 bits per heavy atom. The van der Waals surface area contributed by atoms with Crippen molar-refractivity contribution in [3.63, 3.8) is 0 Å². The molecule has 1 unspecified atom stereocenters. The van der Waals surface area contributed by atoms with Gasteiger partial charge in [-0.05, 0) is 62.1 Å². The summed E-state index contributed by atoms with van der Waals surface area (Å²) in [7, 11) is 0. The van der Waals surface area contributed by atoms with E-state index < -0.39 is 0 Å². The van der Waals surface area contributed by atoms with E-state index in [1.54, 1.807) is 0 Å². The Morgan fingerprint density at radius 2 is 1.93 bits per heavy atom.